The Morgan fingerprint density at radius 3 is 2.58 bits per heavy atom. The quantitative estimate of drug-likeness (QED) is 0.711. The van der Waals surface area contributed by atoms with Crippen LogP contribution in [-0.4, -0.2) is 47.2 Å². The molecule has 1 fully saturated rings. The standard InChI is InChI=1S/C15H30N2O2/c1-5-13-9-8-12(3)17(13)11-7-10-15(6-2,16-4)14(18)19/h12-13,16H,5-11H2,1-4H3,(H,18,19). The van der Waals surface area contributed by atoms with Gasteiger partial charge in [0.15, 0.2) is 0 Å². The molecule has 0 aliphatic carbocycles. The molecule has 0 spiro atoms. The highest BCUT2D eigenvalue weighted by Gasteiger charge is 2.35. The van der Waals surface area contributed by atoms with Crippen LogP contribution in [0.5, 0.6) is 0 Å². The number of likely N-dealkylation sites (N-methyl/N-ethyl adjacent to an activating group) is 1. The molecule has 112 valence electrons. The van der Waals surface area contributed by atoms with Crippen molar-refractivity contribution in [2.75, 3.05) is 13.6 Å². The molecule has 0 saturated carbocycles. The van der Waals surface area contributed by atoms with Gasteiger partial charge in [-0.2, -0.15) is 0 Å². The van der Waals surface area contributed by atoms with Crippen molar-refractivity contribution >= 4 is 5.97 Å². The largest absolute Gasteiger partial charge is 0.480 e. The van der Waals surface area contributed by atoms with Crippen LogP contribution in [0.25, 0.3) is 0 Å². The fourth-order valence-corrected chi connectivity index (χ4v) is 3.37. The van der Waals surface area contributed by atoms with E-state index in [2.05, 4.69) is 24.1 Å². The highest BCUT2D eigenvalue weighted by Crippen LogP contribution is 2.27. The Balaban J connectivity index is 2.50. The van der Waals surface area contributed by atoms with Gasteiger partial charge in [0.25, 0.3) is 0 Å². The summed E-state index contributed by atoms with van der Waals surface area (Å²) in [6, 6.07) is 1.35. The molecule has 1 aliphatic rings. The lowest BCUT2D eigenvalue weighted by Gasteiger charge is -2.31. The maximum Gasteiger partial charge on any atom is 0.323 e. The number of hydrogen-bond acceptors (Lipinski definition) is 3. The summed E-state index contributed by atoms with van der Waals surface area (Å²) >= 11 is 0. The maximum absolute atomic E-state index is 11.4. The Morgan fingerprint density at radius 1 is 1.42 bits per heavy atom. The number of aliphatic carboxylic acids is 1. The molecule has 0 amide bonds. The van der Waals surface area contributed by atoms with E-state index >= 15 is 0 Å². The van der Waals surface area contributed by atoms with Crippen molar-refractivity contribution in [1.29, 1.82) is 0 Å². The van der Waals surface area contributed by atoms with Crippen LogP contribution in [0.1, 0.15) is 59.3 Å². The Kier molecular flexibility index (Phi) is 6.27. The molecule has 1 rings (SSSR count). The third kappa shape index (κ3) is 3.69. The first-order valence-electron chi connectivity index (χ1n) is 7.68. The van der Waals surface area contributed by atoms with Crippen LogP contribution >= 0.6 is 0 Å². The molecule has 0 bridgehead atoms. The zero-order chi connectivity index (χ0) is 14.5. The van der Waals surface area contributed by atoms with E-state index in [4.69, 9.17) is 0 Å². The molecule has 19 heavy (non-hydrogen) atoms. The van der Waals surface area contributed by atoms with Crippen LogP contribution in [0.3, 0.4) is 0 Å². The van der Waals surface area contributed by atoms with Gasteiger partial charge in [-0.3, -0.25) is 9.69 Å². The van der Waals surface area contributed by atoms with Crippen molar-refractivity contribution in [2.24, 2.45) is 0 Å². The third-order valence-corrected chi connectivity index (χ3v) is 4.94. The maximum atomic E-state index is 11.4. The average molecular weight is 270 g/mol. The summed E-state index contributed by atoms with van der Waals surface area (Å²) in [5.74, 6) is -0.723. The smallest absolute Gasteiger partial charge is 0.323 e. The van der Waals surface area contributed by atoms with Gasteiger partial charge in [0.1, 0.15) is 5.54 Å². The van der Waals surface area contributed by atoms with E-state index in [-0.39, 0.29) is 0 Å². The van der Waals surface area contributed by atoms with Crippen molar-refractivity contribution in [3.63, 3.8) is 0 Å². The monoisotopic (exact) mass is 270 g/mol. The van der Waals surface area contributed by atoms with E-state index in [9.17, 15) is 9.90 Å². The van der Waals surface area contributed by atoms with E-state index < -0.39 is 11.5 Å². The highest BCUT2D eigenvalue weighted by molar-refractivity contribution is 5.78. The van der Waals surface area contributed by atoms with E-state index in [0.717, 1.165) is 13.0 Å². The van der Waals surface area contributed by atoms with Gasteiger partial charge in [-0.05, 0) is 59.0 Å². The second-order valence-corrected chi connectivity index (χ2v) is 5.82. The summed E-state index contributed by atoms with van der Waals surface area (Å²) in [5.41, 5.74) is -0.745. The number of likely N-dealkylation sites (tertiary alicyclic amines) is 1. The van der Waals surface area contributed by atoms with Gasteiger partial charge in [0, 0.05) is 12.1 Å². The summed E-state index contributed by atoms with van der Waals surface area (Å²) in [6.45, 7) is 7.50. The van der Waals surface area contributed by atoms with E-state index in [1.165, 1.54) is 19.3 Å². The Hall–Kier alpha value is -0.610. The molecule has 3 unspecified atom stereocenters. The van der Waals surface area contributed by atoms with Gasteiger partial charge in [-0.25, -0.2) is 0 Å². The topological polar surface area (TPSA) is 52.6 Å². The van der Waals surface area contributed by atoms with Crippen LogP contribution in [0.15, 0.2) is 0 Å². The molecule has 0 radical (unpaired) electrons. The molecule has 2 N–H and O–H groups in total. The summed E-state index contributed by atoms with van der Waals surface area (Å²) in [7, 11) is 1.75. The summed E-state index contributed by atoms with van der Waals surface area (Å²) in [5, 5.41) is 12.4. The lowest BCUT2D eigenvalue weighted by Crippen LogP contribution is -2.50. The van der Waals surface area contributed by atoms with Crippen LogP contribution in [-0.2, 0) is 4.79 Å². The van der Waals surface area contributed by atoms with Crippen molar-refractivity contribution in [3.05, 3.63) is 0 Å². The molecule has 1 aliphatic heterocycles. The lowest BCUT2D eigenvalue weighted by molar-refractivity contribution is -0.145. The Labute approximate surface area is 117 Å². The van der Waals surface area contributed by atoms with Crippen LogP contribution in [0, 0.1) is 0 Å². The lowest BCUT2D eigenvalue weighted by atomic mass is 9.90. The number of nitrogens with zero attached hydrogens (tertiary/aromatic N) is 1. The predicted molar refractivity (Wildman–Crippen MR) is 78.4 cm³/mol. The second kappa shape index (κ2) is 7.25. The first-order chi connectivity index (χ1) is 9.00. The van der Waals surface area contributed by atoms with Crippen LogP contribution in [0.2, 0.25) is 0 Å². The second-order valence-electron chi connectivity index (χ2n) is 5.82. The van der Waals surface area contributed by atoms with E-state index in [0.29, 0.717) is 24.9 Å². The predicted octanol–water partition coefficient (Wildman–Crippen LogP) is 2.48. The molecular formula is C15H30N2O2. The van der Waals surface area contributed by atoms with Gasteiger partial charge >= 0.3 is 5.97 Å². The first kappa shape index (κ1) is 16.4. The average Bonchev–Trinajstić information content (AvgIpc) is 2.75. The zero-order valence-corrected chi connectivity index (χ0v) is 12.9. The zero-order valence-electron chi connectivity index (χ0n) is 12.9. The number of nitrogens with one attached hydrogen (secondary N) is 1. The van der Waals surface area contributed by atoms with Gasteiger partial charge in [0.05, 0.1) is 0 Å². The normalized spacial score (nSPS) is 27.4. The number of hydrogen-bond donors (Lipinski definition) is 2. The van der Waals surface area contributed by atoms with Crippen molar-refractivity contribution in [2.45, 2.75) is 76.9 Å². The minimum atomic E-state index is -0.745. The molecule has 1 saturated heterocycles. The van der Waals surface area contributed by atoms with Crippen molar-refractivity contribution in [3.8, 4) is 0 Å². The molecule has 0 aromatic carbocycles. The molecular weight excluding hydrogens is 240 g/mol. The number of rotatable bonds is 8. The Morgan fingerprint density at radius 2 is 2.11 bits per heavy atom. The third-order valence-electron chi connectivity index (χ3n) is 4.94. The molecule has 4 nitrogen and oxygen atoms in total. The van der Waals surface area contributed by atoms with Crippen molar-refractivity contribution in [1.82, 2.24) is 10.2 Å². The molecule has 4 heteroatoms. The van der Waals surface area contributed by atoms with E-state index in [1.807, 2.05) is 6.92 Å². The molecule has 0 aromatic heterocycles. The first-order valence-corrected chi connectivity index (χ1v) is 7.68. The highest BCUT2D eigenvalue weighted by atomic mass is 16.4. The van der Waals surface area contributed by atoms with Crippen molar-refractivity contribution < 1.29 is 9.90 Å². The number of carboxylic acid groups (broad SMARTS) is 1. The minimum Gasteiger partial charge on any atom is -0.480 e. The van der Waals surface area contributed by atoms with Crippen LogP contribution < -0.4 is 5.32 Å². The van der Waals surface area contributed by atoms with Gasteiger partial charge in [-0.15, -0.1) is 0 Å². The summed E-state index contributed by atoms with van der Waals surface area (Å²) < 4.78 is 0. The number of carbonyl (C=O) groups is 1. The van der Waals surface area contributed by atoms with Gasteiger partial charge in [-0.1, -0.05) is 13.8 Å². The van der Waals surface area contributed by atoms with Crippen LogP contribution in [0.4, 0.5) is 0 Å². The summed E-state index contributed by atoms with van der Waals surface area (Å²) in [6.07, 6.45) is 6.06. The van der Waals surface area contributed by atoms with E-state index in [1.54, 1.807) is 7.05 Å². The molecule has 0 aromatic rings. The fraction of sp³-hybridized carbons (Fsp3) is 0.933. The van der Waals surface area contributed by atoms with Gasteiger partial charge in [0.2, 0.25) is 0 Å². The molecule has 3 atom stereocenters. The Bertz CT molecular complexity index is 290. The fourth-order valence-electron chi connectivity index (χ4n) is 3.37. The minimum absolute atomic E-state index is 0.631. The molecule has 1 heterocycles. The summed E-state index contributed by atoms with van der Waals surface area (Å²) in [4.78, 5) is 14.0. The van der Waals surface area contributed by atoms with Gasteiger partial charge < -0.3 is 10.4 Å². The SMILES string of the molecule is CCC1CCC(C)N1CCCC(CC)(NC)C(=O)O. The number of carboxylic acids is 1.